The van der Waals surface area contributed by atoms with Crippen molar-refractivity contribution in [3.05, 3.63) is 29.3 Å². The Morgan fingerprint density at radius 1 is 1.29 bits per heavy atom. The summed E-state index contributed by atoms with van der Waals surface area (Å²) in [5.74, 6) is -2.01. The minimum atomic E-state index is -0.967. The van der Waals surface area contributed by atoms with Crippen molar-refractivity contribution >= 4 is 35.7 Å². The van der Waals surface area contributed by atoms with Crippen molar-refractivity contribution in [1.82, 2.24) is 10.2 Å². The van der Waals surface area contributed by atoms with Gasteiger partial charge in [0.25, 0.3) is 5.91 Å². The molecule has 0 spiro atoms. The van der Waals surface area contributed by atoms with Crippen LogP contribution in [0, 0.1) is 0 Å². The lowest BCUT2D eigenvalue weighted by Crippen LogP contribution is -2.46. The molecule has 0 saturated carbocycles. The maximum Gasteiger partial charge on any atom is 0.303 e. The number of nitrogens with one attached hydrogen (secondary N) is 2. The van der Waals surface area contributed by atoms with Crippen molar-refractivity contribution in [3.63, 3.8) is 0 Å². The van der Waals surface area contributed by atoms with Crippen molar-refractivity contribution in [2.45, 2.75) is 44.7 Å². The molecule has 3 amide bonds. The predicted octanol–water partition coefficient (Wildman–Crippen LogP) is 0.929. The number of hydrogen-bond donors (Lipinski definition) is 3. The van der Waals surface area contributed by atoms with E-state index in [0.29, 0.717) is 23.1 Å². The second-order valence-corrected chi connectivity index (χ2v) is 6.43. The maximum atomic E-state index is 12.8. The number of carboxylic acid groups (broad SMARTS) is 1. The van der Waals surface area contributed by atoms with Gasteiger partial charge in [-0.05, 0) is 25.0 Å². The van der Waals surface area contributed by atoms with Crippen molar-refractivity contribution in [2.24, 2.45) is 0 Å². The first-order chi connectivity index (χ1) is 13.4. The Morgan fingerprint density at radius 2 is 2.04 bits per heavy atom. The van der Waals surface area contributed by atoms with Crippen LogP contribution in [0.15, 0.2) is 18.2 Å². The number of fused-ring (bicyclic) bond motifs is 1. The number of carbonyl (C=O) groups excluding carboxylic acids is 4. The Morgan fingerprint density at radius 3 is 2.68 bits per heavy atom. The third-order valence-corrected chi connectivity index (χ3v) is 4.55. The molecule has 150 valence electrons. The molecule has 9 heteroatoms. The van der Waals surface area contributed by atoms with Gasteiger partial charge in [-0.15, -0.1) is 0 Å². The second-order valence-electron chi connectivity index (χ2n) is 6.43. The fraction of sp³-hybridized carbons (Fsp3) is 0.421. The van der Waals surface area contributed by atoms with Crippen LogP contribution in [-0.4, -0.2) is 53.1 Å². The van der Waals surface area contributed by atoms with Crippen LogP contribution in [0.4, 0.5) is 5.69 Å². The minimum Gasteiger partial charge on any atom is -0.481 e. The van der Waals surface area contributed by atoms with Crippen molar-refractivity contribution in [3.8, 4) is 0 Å². The number of aliphatic carboxylic acids is 1. The Balaban J connectivity index is 2.16. The number of benzene rings is 1. The van der Waals surface area contributed by atoms with Gasteiger partial charge in [0.05, 0.1) is 0 Å². The number of amides is 3. The molecule has 1 aliphatic heterocycles. The van der Waals surface area contributed by atoms with E-state index in [2.05, 4.69) is 10.6 Å². The van der Waals surface area contributed by atoms with Crippen molar-refractivity contribution in [1.29, 1.82) is 0 Å². The standard InChI is InChI=1S/C19H23N3O6/c1-20-18(27)15(7-4-10-23)22-11-13-12(19(22)28)5-2-6-14(13)21-16(24)8-3-9-17(25)26/h2,5-6,10,15H,3-4,7-9,11H2,1H3,(H,20,27)(H,21,24)(H,25,26). The maximum absolute atomic E-state index is 12.8. The van der Waals surface area contributed by atoms with Crippen LogP contribution >= 0.6 is 0 Å². The fourth-order valence-corrected chi connectivity index (χ4v) is 3.16. The second kappa shape index (κ2) is 9.63. The number of likely N-dealkylation sites (N-methyl/N-ethyl adjacent to an activating group) is 1. The number of hydrogen-bond acceptors (Lipinski definition) is 5. The Hall–Kier alpha value is -3.23. The van der Waals surface area contributed by atoms with E-state index in [1.165, 1.54) is 11.9 Å². The van der Waals surface area contributed by atoms with E-state index >= 15 is 0 Å². The Kier molecular flexibility index (Phi) is 7.25. The molecule has 1 unspecified atom stereocenters. The number of carboxylic acids is 1. The average molecular weight is 389 g/mol. The number of aldehydes is 1. The molecular weight excluding hydrogens is 366 g/mol. The molecule has 0 radical (unpaired) electrons. The van der Waals surface area contributed by atoms with Gasteiger partial charge in [-0.1, -0.05) is 6.07 Å². The van der Waals surface area contributed by atoms with Crippen LogP contribution in [0.25, 0.3) is 0 Å². The topological polar surface area (TPSA) is 133 Å². The normalized spacial score (nSPS) is 13.6. The molecule has 3 N–H and O–H groups in total. The van der Waals surface area contributed by atoms with Crippen LogP contribution in [0.1, 0.15) is 48.0 Å². The molecule has 1 aromatic rings. The third-order valence-electron chi connectivity index (χ3n) is 4.55. The lowest BCUT2D eigenvalue weighted by atomic mass is 10.1. The lowest BCUT2D eigenvalue weighted by molar-refractivity contribution is -0.137. The highest BCUT2D eigenvalue weighted by Gasteiger charge is 2.37. The molecule has 9 nitrogen and oxygen atoms in total. The first-order valence-corrected chi connectivity index (χ1v) is 8.98. The van der Waals surface area contributed by atoms with Gasteiger partial charge < -0.3 is 25.4 Å². The van der Waals surface area contributed by atoms with Gasteiger partial charge in [0.1, 0.15) is 12.3 Å². The van der Waals surface area contributed by atoms with Crippen LogP contribution in [0.2, 0.25) is 0 Å². The van der Waals surface area contributed by atoms with Crippen LogP contribution in [0.3, 0.4) is 0 Å². The number of carbonyl (C=O) groups is 5. The Labute approximate surface area is 162 Å². The van der Waals surface area contributed by atoms with Gasteiger partial charge in [-0.2, -0.15) is 0 Å². The zero-order valence-corrected chi connectivity index (χ0v) is 15.6. The van der Waals surface area contributed by atoms with Crippen LogP contribution in [-0.2, 0) is 25.7 Å². The van der Waals surface area contributed by atoms with E-state index in [-0.39, 0.29) is 56.4 Å². The molecule has 0 aromatic heterocycles. The highest BCUT2D eigenvalue weighted by Crippen LogP contribution is 2.31. The van der Waals surface area contributed by atoms with E-state index in [0.717, 1.165) is 0 Å². The summed E-state index contributed by atoms with van der Waals surface area (Å²) >= 11 is 0. The molecular formula is C19H23N3O6. The fourth-order valence-electron chi connectivity index (χ4n) is 3.16. The molecule has 1 atom stereocenters. The van der Waals surface area contributed by atoms with Crippen molar-refractivity contribution in [2.75, 3.05) is 12.4 Å². The molecule has 1 aliphatic rings. The molecule has 1 heterocycles. The highest BCUT2D eigenvalue weighted by molar-refractivity contribution is 6.04. The average Bonchev–Trinajstić information content (AvgIpc) is 2.99. The largest absolute Gasteiger partial charge is 0.481 e. The zero-order chi connectivity index (χ0) is 20.7. The Bertz CT molecular complexity index is 792. The first kappa shape index (κ1) is 21.1. The molecule has 0 saturated heterocycles. The molecule has 0 fully saturated rings. The van der Waals surface area contributed by atoms with Crippen molar-refractivity contribution < 1.29 is 29.1 Å². The predicted molar refractivity (Wildman–Crippen MR) is 99.6 cm³/mol. The first-order valence-electron chi connectivity index (χ1n) is 8.98. The van der Waals surface area contributed by atoms with E-state index in [1.807, 2.05) is 0 Å². The summed E-state index contributed by atoms with van der Waals surface area (Å²) < 4.78 is 0. The highest BCUT2D eigenvalue weighted by atomic mass is 16.4. The molecule has 28 heavy (non-hydrogen) atoms. The summed E-state index contributed by atoms with van der Waals surface area (Å²) in [4.78, 5) is 59.7. The lowest BCUT2D eigenvalue weighted by Gasteiger charge is -2.25. The van der Waals surface area contributed by atoms with Crippen LogP contribution < -0.4 is 10.6 Å². The van der Waals surface area contributed by atoms with Gasteiger partial charge in [-0.3, -0.25) is 19.2 Å². The molecule has 0 bridgehead atoms. The summed E-state index contributed by atoms with van der Waals surface area (Å²) in [6.07, 6.45) is 1.22. The summed E-state index contributed by atoms with van der Waals surface area (Å²) in [6.45, 7) is 0.136. The van der Waals surface area contributed by atoms with Gasteiger partial charge in [0, 0.05) is 49.7 Å². The SMILES string of the molecule is CNC(=O)C(CCC=O)N1Cc2c(NC(=O)CCCC(=O)O)cccc2C1=O. The summed E-state index contributed by atoms with van der Waals surface area (Å²) in [5.41, 5.74) is 1.45. The van der Waals surface area contributed by atoms with Crippen LogP contribution in [0.5, 0.6) is 0 Å². The number of anilines is 1. The van der Waals surface area contributed by atoms with E-state index in [4.69, 9.17) is 5.11 Å². The van der Waals surface area contributed by atoms with E-state index in [1.54, 1.807) is 18.2 Å². The van der Waals surface area contributed by atoms with Gasteiger partial charge in [-0.25, -0.2) is 0 Å². The van der Waals surface area contributed by atoms with Gasteiger partial charge in [0.2, 0.25) is 11.8 Å². The summed E-state index contributed by atoms with van der Waals surface area (Å²) in [7, 11) is 1.46. The van der Waals surface area contributed by atoms with Gasteiger partial charge >= 0.3 is 5.97 Å². The number of nitrogens with zero attached hydrogens (tertiary/aromatic N) is 1. The third kappa shape index (κ3) is 4.93. The van der Waals surface area contributed by atoms with Gasteiger partial charge in [0.15, 0.2) is 0 Å². The zero-order valence-electron chi connectivity index (χ0n) is 15.6. The monoisotopic (exact) mass is 389 g/mol. The summed E-state index contributed by atoms with van der Waals surface area (Å²) in [5, 5.41) is 13.9. The molecule has 1 aromatic carbocycles. The number of rotatable bonds is 10. The van der Waals surface area contributed by atoms with E-state index < -0.39 is 12.0 Å². The molecule has 2 rings (SSSR count). The minimum absolute atomic E-state index is 0.0494. The van der Waals surface area contributed by atoms with E-state index in [9.17, 15) is 24.0 Å². The molecule has 0 aliphatic carbocycles. The smallest absolute Gasteiger partial charge is 0.303 e. The quantitative estimate of drug-likeness (QED) is 0.510. The summed E-state index contributed by atoms with van der Waals surface area (Å²) in [6, 6.07) is 4.13.